The molecule has 7 heteroatoms. The molecule has 3 aromatic rings. The number of benzene rings is 1. The Hall–Kier alpha value is -2.54. The van der Waals surface area contributed by atoms with E-state index in [1.54, 1.807) is 0 Å². The van der Waals surface area contributed by atoms with Crippen LogP contribution in [0.1, 0.15) is 32.7 Å². The lowest BCUT2D eigenvalue weighted by atomic mass is 10.1. The van der Waals surface area contributed by atoms with Crippen molar-refractivity contribution >= 4 is 28.6 Å². The van der Waals surface area contributed by atoms with Crippen molar-refractivity contribution in [2.45, 2.75) is 37.9 Å². The third kappa shape index (κ3) is 3.71. The van der Waals surface area contributed by atoms with Gasteiger partial charge >= 0.3 is 0 Å². The minimum atomic E-state index is 0.106. The largest absolute Gasteiger partial charge is 0.360 e. The van der Waals surface area contributed by atoms with Gasteiger partial charge in [0.1, 0.15) is 0 Å². The van der Waals surface area contributed by atoms with Gasteiger partial charge in [0.2, 0.25) is 5.91 Å². The fourth-order valence-corrected chi connectivity index (χ4v) is 4.31. The number of fused-ring (bicyclic) bond motifs is 1. The molecule has 0 radical (unpaired) electrons. The van der Waals surface area contributed by atoms with Crippen LogP contribution in [0.5, 0.6) is 0 Å². The highest BCUT2D eigenvalue weighted by Gasteiger charge is 2.31. The molecule has 1 amide bonds. The smallest absolute Gasteiger partial charge is 0.233 e. The highest BCUT2D eigenvalue weighted by atomic mass is 32.2. The monoisotopic (exact) mass is 395 g/mol. The van der Waals surface area contributed by atoms with Crippen molar-refractivity contribution in [1.82, 2.24) is 24.6 Å². The van der Waals surface area contributed by atoms with Crippen molar-refractivity contribution in [3.05, 3.63) is 42.6 Å². The number of amides is 1. The number of likely N-dealkylation sites (N-methyl/N-ethyl adjacent to an activating group) is 1. The number of aromatic nitrogens is 4. The predicted molar refractivity (Wildman–Crippen MR) is 113 cm³/mol. The summed E-state index contributed by atoms with van der Waals surface area (Å²) >= 11 is 1.48. The summed E-state index contributed by atoms with van der Waals surface area (Å²) in [6.07, 6.45) is 4.26. The first-order valence-electron chi connectivity index (χ1n) is 9.64. The second-order valence-corrected chi connectivity index (χ2v) is 8.25. The summed E-state index contributed by atoms with van der Waals surface area (Å²) in [7, 11) is 0. The van der Waals surface area contributed by atoms with Crippen LogP contribution in [0.4, 0.5) is 0 Å². The molecule has 28 heavy (non-hydrogen) atoms. The molecule has 1 aliphatic rings. The van der Waals surface area contributed by atoms with Gasteiger partial charge in [0.15, 0.2) is 11.0 Å². The molecule has 1 saturated carbocycles. The van der Waals surface area contributed by atoms with Crippen LogP contribution < -0.4 is 0 Å². The first-order valence-corrected chi connectivity index (χ1v) is 10.6. The Morgan fingerprint density at radius 2 is 2.14 bits per heavy atom. The maximum atomic E-state index is 12.6. The van der Waals surface area contributed by atoms with Gasteiger partial charge in [0, 0.05) is 41.8 Å². The zero-order valence-corrected chi connectivity index (χ0v) is 17.1. The van der Waals surface area contributed by atoms with Crippen LogP contribution in [-0.2, 0) is 4.79 Å². The van der Waals surface area contributed by atoms with Gasteiger partial charge in [-0.1, -0.05) is 42.1 Å². The van der Waals surface area contributed by atoms with Gasteiger partial charge in [-0.15, -0.1) is 10.2 Å². The minimum absolute atomic E-state index is 0.106. The summed E-state index contributed by atoms with van der Waals surface area (Å²) in [5, 5.41) is 10.9. The number of carbonyl (C=O) groups excluding carboxylic acids is 1. The molecular weight excluding hydrogens is 370 g/mol. The molecular formula is C21H25N5OS. The Morgan fingerprint density at radius 3 is 2.86 bits per heavy atom. The Kier molecular flexibility index (Phi) is 5.26. The number of thioether (sulfide) groups is 1. The fraction of sp³-hybridized carbons (Fsp3) is 0.381. The molecule has 0 aliphatic heterocycles. The van der Waals surface area contributed by atoms with Crippen molar-refractivity contribution in [3.8, 4) is 11.4 Å². The molecule has 0 bridgehead atoms. The van der Waals surface area contributed by atoms with Gasteiger partial charge in [0.25, 0.3) is 0 Å². The quantitative estimate of drug-likeness (QED) is 0.457. The lowest BCUT2D eigenvalue weighted by Gasteiger charge is -2.20. The highest BCUT2D eigenvalue weighted by molar-refractivity contribution is 7.99. The molecule has 1 N–H and O–H groups in total. The van der Waals surface area contributed by atoms with Gasteiger partial charge in [-0.3, -0.25) is 9.36 Å². The van der Waals surface area contributed by atoms with E-state index in [4.69, 9.17) is 0 Å². The third-order valence-electron chi connectivity index (χ3n) is 4.93. The number of H-pyrrole nitrogens is 1. The van der Waals surface area contributed by atoms with Crippen LogP contribution in [0.15, 0.2) is 47.8 Å². The van der Waals surface area contributed by atoms with E-state index >= 15 is 0 Å². The average Bonchev–Trinajstić information content (AvgIpc) is 3.30. The fourth-order valence-electron chi connectivity index (χ4n) is 3.40. The summed E-state index contributed by atoms with van der Waals surface area (Å²) in [6, 6.07) is 8.64. The lowest BCUT2D eigenvalue weighted by Crippen LogP contribution is -2.33. The van der Waals surface area contributed by atoms with Gasteiger partial charge in [-0.2, -0.15) is 0 Å². The van der Waals surface area contributed by atoms with E-state index in [1.807, 2.05) is 37.1 Å². The number of nitrogens with one attached hydrogen (secondary N) is 1. The maximum absolute atomic E-state index is 12.6. The summed E-state index contributed by atoms with van der Waals surface area (Å²) in [5.41, 5.74) is 3.14. The Bertz CT molecular complexity index is 1020. The molecule has 6 nitrogen and oxygen atoms in total. The number of rotatable bonds is 8. The van der Waals surface area contributed by atoms with E-state index in [1.165, 1.54) is 11.8 Å². The number of hydrogen-bond donors (Lipinski definition) is 1. The SMILES string of the molecule is C=C(C)CN(CC)C(=O)CSc1nnc(-c2c[nH]c3ccccc23)n1C1CC1. The highest BCUT2D eigenvalue weighted by Crippen LogP contribution is 2.42. The van der Waals surface area contributed by atoms with Crippen LogP contribution in [-0.4, -0.2) is 49.4 Å². The number of nitrogens with zero attached hydrogens (tertiary/aromatic N) is 4. The first-order chi connectivity index (χ1) is 13.6. The van der Waals surface area contributed by atoms with Crippen molar-refractivity contribution in [2.24, 2.45) is 0 Å². The molecule has 1 aliphatic carbocycles. The van der Waals surface area contributed by atoms with Crippen LogP contribution in [0.3, 0.4) is 0 Å². The summed E-state index contributed by atoms with van der Waals surface area (Å²) in [6.45, 7) is 9.14. The number of carbonyl (C=O) groups is 1. The standard InChI is InChI=1S/C21H25N5OS/c1-4-25(12-14(2)3)19(27)13-28-21-24-23-20(26(21)15-9-10-15)17-11-22-18-8-6-5-7-16(17)18/h5-8,11,15,22H,2,4,9-10,12-13H2,1,3H3. The molecule has 146 valence electrons. The van der Waals surface area contributed by atoms with Crippen LogP contribution in [0, 0.1) is 0 Å². The van der Waals surface area contributed by atoms with Gasteiger partial charge in [0.05, 0.1) is 5.75 Å². The minimum Gasteiger partial charge on any atom is -0.360 e. The molecule has 2 heterocycles. The molecule has 1 aromatic carbocycles. The van der Waals surface area contributed by atoms with Crippen molar-refractivity contribution in [2.75, 3.05) is 18.8 Å². The zero-order chi connectivity index (χ0) is 19.7. The third-order valence-corrected chi connectivity index (χ3v) is 5.85. The predicted octanol–water partition coefficient (Wildman–Crippen LogP) is 4.28. The molecule has 2 aromatic heterocycles. The molecule has 0 atom stereocenters. The maximum Gasteiger partial charge on any atom is 0.233 e. The number of para-hydroxylation sites is 1. The molecule has 4 rings (SSSR count). The topological polar surface area (TPSA) is 66.8 Å². The van der Waals surface area contributed by atoms with E-state index in [0.29, 0.717) is 24.9 Å². The van der Waals surface area contributed by atoms with Gasteiger partial charge in [-0.25, -0.2) is 0 Å². The van der Waals surface area contributed by atoms with Gasteiger partial charge < -0.3 is 9.88 Å². The van der Waals surface area contributed by atoms with Crippen molar-refractivity contribution in [1.29, 1.82) is 0 Å². The van der Waals surface area contributed by atoms with Crippen LogP contribution in [0.2, 0.25) is 0 Å². The van der Waals surface area contributed by atoms with E-state index in [-0.39, 0.29) is 5.91 Å². The lowest BCUT2D eigenvalue weighted by molar-refractivity contribution is -0.127. The van der Waals surface area contributed by atoms with E-state index in [9.17, 15) is 4.79 Å². The second-order valence-electron chi connectivity index (χ2n) is 7.31. The molecule has 0 unspecified atom stereocenters. The molecule has 0 saturated heterocycles. The Labute approximate surface area is 169 Å². The number of hydrogen-bond acceptors (Lipinski definition) is 4. The van der Waals surface area contributed by atoms with E-state index < -0.39 is 0 Å². The first kappa shape index (κ1) is 18.8. The normalized spacial score (nSPS) is 13.8. The summed E-state index contributed by atoms with van der Waals surface area (Å²) < 4.78 is 2.21. The zero-order valence-electron chi connectivity index (χ0n) is 16.3. The number of aromatic amines is 1. The average molecular weight is 396 g/mol. The van der Waals surface area contributed by atoms with Crippen molar-refractivity contribution in [3.63, 3.8) is 0 Å². The van der Waals surface area contributed by atoms with Crippen LogP contribution >= 0.6 is 11.8 Å². The second kappa shape index (κ2) is 7.83. The van der Waals surface area contributed by atoms with Gasteiger partial charge in [-0.05, 0) is 32.8 Å². The Balaban J connectivity index is 1.58. The van der Waals surface area contributed by atoms with E-state index in [2.05, 4.69) is 38.5 Å². The summed E-state index contributed by atoms with van der Waals surface area (Å²) in [5.74, 6) is 1.35. The molecule has 1 fully saturated rings. The molecule has 0 spiro atoms. The van der Waals surface area contributed by atoms with E-state index in [0.717, 1.165) is 45.9 Å². The summed E-state index contributed by atoms with van der Waals surface area (Å²) in [4.78, 5) is 17.7. The Morgan fingerprint density at radius 1 is 1.36 bits per heavy atom. The van der Waals surface area contributed by atoms with Crippen molar-refractivity contribution < 1.29 is 4.79 Å². The van der Waals surface area contributed by atoms with Crippen LogP contribution in [0.25, 0.3) is 22.3 Å².